The molecule has 0 aliphatic carbocycles. The number of hydrogen-bond donors (Lipinski definition) is 4. The molecule has 4 N–H and O–H groups in total. The zero-order valence-corrected chi connectivity index (χ0v) is 71.9. The molecule has 0 fully saturated rings. The number of allylic oxidation sites excluding steroid dienone is 24. The lowest BCUT2D eigenvalue weighted by molar-refractivity contribution is -0.161. The topological polar surface area (TPSA) is 231 Å². The number of unbranched alkanes of at least 4 members (excludes halogenated alkanes) is 36. The summed E-state index contributed by atoms with van der Waals surface area (Å²) in [6, 6.07) is 0. The quantitative estimate of drug-likeness (QED) is 0.0146. The first-order valence-electron chi connectivity index (χ1n) is 44.1. The van der Waals surface area contributed by atoms with Gasteiger partial charge in [-0.2, -0.15) is 0 Å². The van der Waals surface area contributed by atoms with Gasteiger partial charge in [0.25, 0.3) is 0 Å². The normalized spacial score (nSPS) is 14.5. The van der Waals surface area contributed by atoms with Gasteiger partial charge in [0.1, 0.15) is 25.4 Å². The zero-order valence-electron chi connectivity index (χ0n) is 70.1. The van der Waals surface area contributed by atoms with Crippen molar-refractivity contribution in [3.63, 3.8) is 0 Å². The van der Waals surface area contributed by atoms with E-state index in [4.69, 9.17) is 32.3 Å². The molecule has 0 heterocycles. The average Bonchev–Trinajstić information content (AvgIpc) is 0.908. The van der Waals surface area contributed by atoms with Crippen molar-refractivity contribution in [2.24, 2.45) is 0 Å². The third-order valence-corrected chi connectivity index (χ3v) is 20.4. The number of carbonyl (C=O) groups excluding carboxylic acids is 3. The molecular formula is C93H160O16P2. The Morgan fingerprint density at radius 2 is 0.477 bits per heavy atom. The van der Waals surface area contributed by atoms with Crippen LogP contribution >= 0.6 is 15.6 Å². The number of esters is 3. The molecule has 0 aromatic rings. The van der Waals surface area contributed by atoms with Gasteiger partial charge in [-0.25, -0.2) is 9.13 Å². The number of aliphatic hydroxyl groups is 2. The van der Waals surface area contributed by atoms with Crippen LogP contribution < -0.4 is 0 Å². The summed E-state index contributed by atoms with van der Waals surface area (Å²) in [5, 5.41) is 20.7. The van der Waals surface area contributed by atoms with Gasteiger partial charge in [-0.05, 0) is 141 Å². The van der Waals surface area contributed by atoms with Crippen molar-refractivity contribution in [1.82, 2.24) is 0 Å². The Balaban J connectivity index is 4.48. The lowest BCUT2D eigenvalue weighted by atomic mass is 10.0. The Morgan fingerprint density at radius 3 is 0.757 bits per heavy atom. The van der Waals surface area contributed by atoms with E-state index in [2.05, 4.69) is 167 Å². The van der Waals surface area contributed by atoms with E-state index in [9.17, 15) is 43.5 Å². The van der Waals surface area contributed by atoms with E-state index in [1.807, 2.05) is 0 Å². The molecule has 16 nitrogen and oxygen atoms in total. The molecule has 638 valence electrons. The van der Waals surface area contributed by atoms with Crippen LogP contribution in [0.2, 0.25) is 0 Å². The van der Waals surface area contributed by atoms with E-state index in [1.165, 1.54) is 148 Å². The number of ether oxygens (including phenoxy) is 3. The molecule has 0 spiro atoms. The highest BCUT2D eigenvalue weighted by atomic mass is 31.2. The van der Waals surface area contributed by atoms with E-state index in [0.29, 0.717) is 19.3 Å². The van der Waals surface area contributed by atoms with Crippen molar-refractivity contribution in [2.45, 2.75) is 386 Å². The van der Waals surface area contributed by atoms with Gasteiger partial charge in [0, 0.05) is 19.3 Å². The SMILES string of the molecule is CC/C=C\C/C=C\C/C=C\C/C=C\C/C=C\CCCCCCCCCCCCCCCCCC(=O)OCC(O)COP(=O)(O)OCC(O)COP(=O)(O)OCC(COC(=O)CCCCCCCCCCCCCCC/C=C\C/C=C\C/C=C\C/C=C\C/C=C\CC)OC(=O)CCCCCCC/C=C\C/C=C\CCCCC. The molecule has 5 unspecified atom stereocenters. The van der Waals surface area contributed by atoms with Gasteiger partial charge in [-0.15, -0.1) is 0 Å². The first-order valence-corrected chi connectivity index (χ1v) is 47.1. The van der Waals surface area contributed by atoms with Crippen LogP contribution in [0, 0.1) is 0 Å². The molecule has 111 heavy (non-hydrogen) atoms. The van der Waals surface area contributed by atoms with Crippen molar-refractivity contribution < 1.29 is 75.8 Å². The van der Waals surface area contributed by atoms with Gasteiger partial charge < -0.3 is 34.2 Å². The highest BCUT2D eigenvalue weighted by Crippen LogP contribution is 2.45. The summed E-state index contributed by atoms with van der Waals surface area (Å²) >= 11 is 0. The second kappa shape index (κ2) is 84.8. The number of hydrogen-bond acceptors (Lipinski definition) is 14. The molecule has 5 atom stereocenters. The number of aliphatic hydroxyl groups excluding tert-OH is 2. The molecular weight excluding hydrogens is 1430 g/mol. The van der Waals surface area contributed by atoms with Crippen LogP contribution in [0.5, 0.6) is 0 Å². The van der Waals surface area contributed by atoms with E-state index in [1.54, 1.807) is 0 Å². The molecule has 0 saturated heterocycles. The number of phosphoric ester groups is 2. The minimum Gasteiger partial charge on any atom is -0.463 e. The number of carbonyl (C=O) groups is 3. The highest BCUT2D eigenvalue weighted by Gasteiger charge is 2.29. The van der Waals surface area contributed by atoms with Crippen molar-refractivity contribution in [3.05, 3.63) is 146 Å². The summed E-state index contributed by atoms with van der Waals surface area (Å²) in [5.74, 6) is -1.58. The first kappa shape index (κ1) is 106. The fraction of sp³-hybridized carbons (Fsp3) is 0.710. The summed E-state index contributed by atoms with van der Waals surface area (Å²) in [4.78, 5) is 58.8. The van der Waals surface area contributed by atoms with Crippen LogP contribution in [0.15, 0.2) is 146 Å². The van der Waals surface area contributed by atoms with E-state index in [0.717, 1.165) is 161 Å². The molecule has 0 radical (unpaired) electrons. The Bertz CT molecular complexity index is 2600. The van der Waals surface area contributed by atoms with Crippen LogP contribution in [0.3, 0.4) is 0 Å². The summed E-state index contributed by atoms with van der Waals surface area (Å²) in [7, 11) is -9.80. The lowest BCUT2D eigenvalue weighted by Gasteiger charge is -2.21. The number of rotatable bonds is 83. The molecule has 0 aromatic carbocycles. The third-order valence-electron chi connectivity index (χ3n) is 18.5. The standard InChI is InChI=1S/C93H160O16P2/c1-4-7-10-13-16-19-22-25-28-30-32-34-36-38-40-42-43-45-47-48-50-52-54-56-59-61-64-67-70-73-76-79-91(96)103-82-88(94)83-105-110(99,100)106-84-89(95)85-107-111(101,102)108-87-90(109-93(98)81-78-75-72-69-66-63-58-27-24-21-18-15-12-9-6-3)86-104-92(97)80-77-74-71-68-65-62-60-57-55-53-51-49-46-44-41-39-37-35-33-31-29-26-23-20-17-14-11-8-5-2/h7-8,10-11,16-21,25-29,32-35,38-41,58,88-90,94-95H,4-6,9,12-15,22-24,30-31,36-37,42-57,59-87H2,1-3H3,(H,99,100)(H,101,102)/b10-7-,11-8-,19-16-,20-17-,21-18-,28-25-,29-26-,34-32-,35-33-,40-38-,41-39-,58-27-. The highest BCUT2D eigenvalue weighted by molar-refractivity contribution is 7.47. The maximum absolute atomic E-state index is 13.0. The van der Waals surface area contributed by atoms with Gasteiger partial charge in [0.15, 0.2) is 6.10 Å². The van der Waals surface area contributed by atoms with Gasteiger partial charge >= 0.3 is 33.6 Å². The molecule has 0 saturated carbocycles. The maximum Gasteiger partial charge on any atom is 0.472 e. The van der Waals surface area contributed by atoms with Crippen LogP contribution in [-0.4, -0.2) is 95.9 Å². The largest absolute Gasteiger partial charge is 0.472 e. The third kappa shape index (κ3) is 86.1. The van der Waals surface area contributed by atoms with Crippen molar-refractivity contribution in [2.75, 3.05) is 39.6 Å². The fourth-order valence-electron chi connectivity index (χ4n) is 11.9. The zero-order chi connectivity index (χ0) is 80.8. The molecule has 18 heteroatoms. The second-order valence-electron chi connectivity index (χ2n) is 29.3. The van der Waals surface area contributed by atoms with E-state index >= 15 is 0 Å². The molecule has 0 aliphatic heterocycles. The Morgan fingerprint density at radius 1 is 0.261 bits per heavy atom. The van der Waals surface area contributed by atoms with Crippen molar-refractivity contribution >= 4 is 33.6 Å². The summed E-state index contributed by atoms with van der Waals surface area (Å²) in [5.41, 5.74) is 0. The Kier molecular flexibility index (Phi) is 81.3. The Hall–Kier alpha value is -4.57. The monoisotopic (exact) mass is 1600 g/mol. The van der Waals surface area contributed by atoms with Crippen molar-refractivity contribution in [1.29, 1.82) is 0 Å². The van der Waals surface area contributed by atoms with Crippen molar-refractivity contribution in [3.8, 4) is 0 Å². The smallest absolute Gasteiger partial charge is 0.463 e. The Labute approximate surface area is 677 Å². The maximum atomic E-state index is 13.0. The molecule has 0 aliphatic rings. The summed E-state index contributed by atoms with van der Waals surface area (Å²) in [6.07, 6.45) is 106. The number of phosphoric acid groups is 2. The minimum absolute atomic E-state index is 0.0871. The van der Waals surface area contributed by atoms with Crippen LogP contribution in [0.4, 0.5) is 0 Å². The molecule has 0 rings (SSSR count). The van der Waals surface area contributed by atoms with Crippen LogP contribution in [0.1, 0.15) is 367 Å². The minimum atomic E-state index is -4.94. The van der Waals surface area contributed by atoms with Gasteiger partial charge in [0.2, 0.25) is 0 Å². The first-order chi connectivity index (χ1) is 54.2. The molecule has 0 aromatic heterocycles. The fourth-order valence-corrected chi connectivity index (χ4v) is 13.5. The average molecular weight is 1600 g/mol. The van der Waals surface area contributed by atoms with Crippen LogP contribution in [-0.2, 0) is 55.8 Å². The molecule has 0 amide bonds. The van der Waals surface area contributed by atoms with Gasteiger partial charge in [-0.3, -0.25) is 32.5 Å². The lowest BCUT2D eigenvalue weighted by Crippen LogP contribution is -2.30. The predicted octanol–water partition coefficient (Wildman–Crippen LogP) is 26.8. The molecule has 0 bridgehead atoms. The predicted molar refractivity (Wildman–Crippen MR) is 463 cm³/mol. The van der Waals surface area contributed by atoms with Gasteiger partial charge in [-0.1, -0.05) is 353 Å². The van der Waals surface area contributed by atoms with E-state index in [-0.39, 0.29) is 19.3 Å². The van der Waals surface area contributed by atoms with Gasteiger partial charge in [0.05, 0.1) is 26.4 Å². The second-order valence-corrected chi connectivity index (χ2v) is 32.2. The summed E-state index contributed by atoms with van der Waals surface area (Å²) in [6.45, 7) is 2.45. The van der Waals surface area contributed by atoms with E-state index < -0.39 is 91.5 Å². The van der Waals surface area contributed by atoms with Crippen LogP contribution in [0.25, 0.3) is 0 Å². The summed E-state index contributed by atoms with van der Waals surface area (Å²) < 4.78 is 61.3.